The van der Waals surface area contributed by atoms with E-state index in [2.05, 4.69) is 29.8 Å². The minimum absolute atomic E-state index is 0.182. The molecule has 0 saturated carbocycles. The summed E-state index contributed by atoms with van der Waals surface area (Å²) >= 11 is 3.49. The van der Waals surface area contributed by atoms with Gasteiger partial charge < -0.3 is 4.90 Å². The number of amides is 1. The lowest BCUT2D eigenvalue weighted by Gasteiger charge is -2.18. The van der Waals surface area contributed by atoms with Crippen LogP contribution in [0.5, 0.6) is 0 Å². The molecule has 0 aliphatic heterocycles. The first-order valence-electron chi connectivity index (χ1n) is 5.92. The molecule has 2 nitrogen and oxygen atoms in total. The quantitative estimate of drug-likeness (QED) is 0.765. The number of carbonyl (C=O) groups is 1. The fourth-order valence-electron chi connectivity index (χ4n) is 1.51. The van der Waals surface area contributed by atoms with Crippen LogP contribution < -0.4 is 0 Å². The minimum Gasteiger partial charge on any atom is -0.345 e. The average Bonchev–Trinajstić information content (AvgIpc) is 2.28. The van der Waals surface area contributed by atoms with Crippen LogP contribution in [0.3, 0.4) is 0 Å². The van der Waals surface area contributed by atoms with Crippen LogP contribution in [0.15, 0.2) is 24.3 Å². The van der Waals surface area contributed by atoms with Crippen molar-refractivity contribution in [3.63, 3.8) is 0 Å². The molecule has 0 spiro atoms. The number of halogens is 1. The van der Waals surface area contributed by atoms with Gasteiger partial charge in [-0.15, -0.1) is 0 Å². The normalized spacial score (nSPS) is 12.2. The molecule has 1 aromatic carbocycles. The number of likely N-dealkylation sites (N-methyl/N-ethyl adjacent to an activating group) is 1. The zero-order valence-corrected chi connectivity index (χ0v) is 12.3. The maximum Gasteiger partial charge on any atom is 0.226 e. The van der Waals surface area contributed by atoms with Crippen molar-refractivity contribution >= 4 is 21.8 Å². The van der Waals surface area contributed by atoms with Gasteiger partial charge in [0, 0.05) is 18.4 Å². The first-order chi connectivity index (χ1) is 7.99. The van der Waals surface area contributed by atoms with E-state index in [-0.39, 0.29) is 5.91 Å². The molecule has 94 valence electrons. The van der Waals surface area contributed by atoms with E-state index < -0.39 is 0 Å². The van der Waals surface area contributed by atoms with Gasteiger partial charge in [-0.2, -0.15) is 0 Å². The van der Waals surface area contributed by atoms with E-state index in [1.165, 1.54) is 5.56 Å². The number of nitrogens with zero attached hydrogens (tertiary/aromatic N) is 1. The Kier molecular flexibility index (Phi) is 5.69. The zero-order valence-electron chi connectivity index (χ0n) is 10.7. The SMILES string of the molecule is Cc1ccc(CC(=O)N(C)CCC(C)Br)cc1. The van der Waals surface area contributed by atoms with E-state index in [0.29, 0.717) is 11.2 Å². The van der Waals surface area contributed by atoms with Crippen molar-refractivity contribution in [1.82, 2.24) is 4.90 Å². The summed E-state index contributed by atoms with van der Waals surface area (Å²) in [6.45, 7) is 4.95. The monoisotopic (exact) mass is 297 g/mol. The molecule has 0 aliphatic carbocycles. The highest BCUT2D eigenvalue weighted by Gasteiger charge is 2.10. The summed E-state index contributed by atoms with van der Waals surface area (Å²) in [4.78, 5) is 14.2. The summed E-state index contributed by atoms with van der Waals surface area (Å²) in [6, 6.07) is 8.13. The number of hydrogen-bond acceptors (Lipinski definition) is 1. The number of alkyl halides is 1. The first kappa shape index (κ1) is 14.2. The van der Waals surface area contributed by atoms with Crippen LogP contribution in [0.2, 0.25) is 0 Å². The van der Waals surface area contributed by atoms with Crippen molar-refractivity contribution < 1.29 is 4.79 Å². The molecule has 0 aliphatic rings. The molecule has 0 radical (unpaired) electrons. The van der Waals surface area contributed by atoms with Crippen LogP contribution in [0.1, 0.15) is 24.5 Å². The fourth-order valence-corrected chi connectivity index (χ4v) is 1.72. The zero-order chi connectivity index (χ0) is 12.8. The van der Waals surface area contributed by atoms with Gasteiger partial charge in [-0.1, -0.05) is 52.7 Å². The lowest BCUT2D eigenvalue weighted by atomic mass is 10.1. The summed E-state index contributed by atoms with van der Waals surface area (Å²) in [6.07, 6.45) is 1.48. The standard InChI is InChI=1S/C14H20BrNO/c1-11-4-6-13(7-5-11)10-14(17)16(3)9-8-12(2)15/h4-7,12H,8-10H2,1-3H3. The maximum absolute atomic E-state index is 11.9. The average molecular weight is 298 g/mol. The van der Waals surface area contributed by atoms with E-state index in [9.17, 15) is 4.79 Å². The van der Waals surface area contributed by atoms with Crippen LogP contribution >= 0.6 is 15.9 Å². The van der Waals surface area contributed by atoms with E-state index in [4.69, 9.17) is 0 Å². The summed E-state index contributed by atoms with van der Waals surface area (Å²) in [7, 11) is 1.87. The highest BCUT2D eigenvalue weighted by atomic mass is 79.9. The predicted molar refractivity (Wildman–Crippen MR) is 75.5 cm³/mol. The van der Waals surface area contributed by atoms with Crippen molar-refractivity contribution in [2.75, 3.05) is 13.6 Å². The highest BCUT2D eigenvalue weighted by molar-refractivity contribution is 9.09. The Labute approximate surface area is 112 Å². The fraction of sp³-hybridized carbons (Fsp3) is 0.500. The second-order valence-corrected chi connectivity index (χ2v) is 6.11. The smallest absolute Gasteiger partial charge is 0.226 e. The van der Waals surface area contributed by atoms with E-state index in [0.717, 1.165) is 18.5 Å². The van der Waals surface area contributed by atoms with Crippen molar-refractivity contribution in [2.24, 2.45) is 0 Å². The maximum atomic E-state index is 11.9. The molecular formula is C14H20BrNO. The van der Waals surface area contributed by atoms with Crippen molar-refractivity contribution in [2.45, 2.75) is 31.5 Å². The lowest BCUT2D eigenvalue weighted by Crippen LogP contribution is -2.30. The Bertz CT molecular complexity index is 359. The molecule has 0 fully saturated rings. The highest BCUT2D eigenvalue weighted by Crippen LogP contribution is 2.07. The summed E-state index contributed by atoms with van der Waals surface area (Å²) in [5.41, 5.74) is 2.31. The van der Waals surface area contributed by atoms with Gasteiger partial charge in [0.2, 0.25) is 5.91 Å². The third kappa shape index (κ3) is 5.35. The Morgan fingerprint density at radius 1 is 1.35 bits per heavy atom. The van der Waals surface area contributed by atoms with Gasteiger partial charge in [0.05, 0.1) is 6.42 Å². The lowest BCUT2D eigenvalue weighted by molar-refractivity contribution is -0.129. The molecule has 0 aromatic heterocycles. The molecule has 17 heavy (non-hydrogen) atoms. The van der Waals surface area contributed by atoms with Crippen molar-refractivity contribution in [1.29, 1.82) is 0 Å². The molecular weight excluding hydrogens is 278 g/mol. The first-order valence-corrected chi connectivity index (χ1v) is 6.84. The van der Waals surface area contributed by atoms with Gasteiger partial charge in [-0.3, -0.25) is 4.79 Å². The Morgan fingerprint density at radius 3 is 2.47 bits per heavy atom. The number of rotatable bonds is 5. The molecule has 1 amide bonds. The van der Waals surface area contributed by atoms with E-state index >= 15 is 0 Å². The third-order valence-corrected chi connectivity index (χ3v) is 3.22. The van der Waals surface area contributed by atoms with Gasteiger partial charge in [0.1, 0.15) is 0 Å². The molecule has 0 bridgehead atoms. The number of aryl methyl sites for hydroxylation is 1. The summed E-state index contributed by atoms with van der Waals surface area (Å²) in [5.74, 6) is 0.182. The van der Waals surface area contributed by atoms with Gasteiger partial charge in [0.25, 0.3) is 0 Å². The summed E-state index contributed by atoms with van der Waals surface area (Å²) < 4.78 is 0. The van der Waals surface area contributed by atoms with Crippen LogP contribution in [-0.2, 0) is 11.2 Å². The largest absolute Gasteiger partial charge is 0.345 e. The second kappa shape index (κ2) is 6.80. The summed E-state index contributed by atoms with van der Waals surface area (Å²) in [5, 5.41) is 0. The minimum atomic E-state index is 0.182. The number of carbonyl (C=O) groups excluding carboxylic acids is 1. The van der Waals surface area contributed by atoms with Crippen LogP contribution in [0.4, 0.5) is 0 Å². The van der Waals surface area contributed by atoms with Gasteiger partial charge in [-0.25, -0.2) is 0 Å². The third-order valence-electron chi connectivity index (χ3n) is 2.76. The van der Waals surface area contributed by atoms with Crippen LogP contribution in [0, 0.1) is 6.92 Å². The second-order valence-electron chi connectivity index (χ2n) is 4.55. The van der Waals surface area contributed by atoms with E-state index in [1.807, 2.05) is 31.3 Å². The Hall–Kier alpha value is -0.830. The number of benzene rings is 1. The molecule has 0 heterocycles. The Morgan fingerprint density at radius 2 is 1.94 bits per heavy atom. The van der Waals surface area contributed by atoms with Crippen LogP contribution in [-0.4, -0.2) is 29.2 Å². The predicted octanol–water partition coefficient (Wildman–Crippen LogP) is 3.17. The molecule has 0 N–H and O–H groups in total. The Balaban J connectivity index is 2.45. The molecule has 0 saturated heterocycles. The van der Waals surface area contributed by atoms with Gasteiger partial charge in [0.15, 0.2) is 0 Å². The topological polar surface area (TPSA) is 20.3 Å². The van der Waals surface area contributed by atoms with Crippen molar-refractivity contribution in [3.8, 4) is 0 Å². The van der Waals surface area contributed by atoms with Crippen LogP contribution in [0.25, 0.3) is 0 Å². The molecule has 1 rings (SSSR count). The number of hydrogen-bond donors (Lipinski definition) is 0. The molecule has 1 unspecified atom stereocenters. The molecule has 1 atom stereocenters. The van der Waals surface area contributed by atoms with Gasteiger partial charge in [-0.05, 0) is 18.9 Å². The van der Waals surface area contributed by atoms with Crippen molar-refractivity contribution in [3.05, 3.63) is 35.4 Å². The van der Waals surface area contributed by atoms with E-state index in [1.54, 1.807) is 4.90 Å². The van der Waals surface area contributed by atoms with Gasteiger partial charge >= 0.3 is 0 Å². The molecule has 1 aromatic rings. The molecule has 3 heteroatoms.